The highest BCUT2D eigenvalue weighted by Crippen LogP contribution is 2.27. The van der Waals surface area contributed by atoms with E-state index in [-0.39, 0.29) is 6.61 Å². The van der Waals surface area contributed by atoms with E-state index in [0.717, 1.165) is 5.56 Å². The largest absolute Gasteiger partial charge is 0.466 e. The minimum atomic E-state index is -0.711. The van der Waals surface area contributed by atoms with Crippen molar-refractivity contribution >= 4 is 5.97 Å². The number of rotatable bonds is 4. The Balaban J connectivity index is 1.95. The van der Waals surface area contributed by atoms with Gasteiger partial charge in [0.2, 0.25) is 0 Å². The lowest BCUT2D eigenvalue weighted by Gasteiger charge is -2.33. The van der Waals surface area contributed by atoms with Gasteiger partial charge in [-0.25, -0.2) is 4.79 Å². The lowest BCUT2D eigenvalue weighted by atomic mass is 10.1. The third-order valence-electron chi connectivity index (χ3n) is 3.04. The third kappa shape index (κ3) is 3.90. The molecule has 0 bridgehead atoms. The Morgan fingerprint density at radius 3 is 2.90 bits per heavy atom. The molecule has 1 aliphatic rings. The summed E-state index contributed by atoms with van der Waals surface area (Å²) >= 11 is 0. The Hall–Kier alpha value is -1.69. The van der Waals surface area contributed by atoms with Crippen molar-refractivity contribution in [2.75, 3.05) is 13.7 Å². The molecule has 0 aliphatic carbocycles. The first kappa shape index (κ1) is 14.7. The van der Waals surface area contributed by atoms with Gasteiger partial charge >= 0.3 is 5.97 Å². The fourth-order valence-electron chi connectivity index (χ4n) is 1.95. The quantitative estimate of drug-likeness (QED) is 0.669. The SMILES string of the molecule is COC(=O)/C=C/C[C@@H]1O[C@H](c2ccccc2)OC[C@H]1O. The lowest BCUT2D eigenvalue weighted by Crippen LogP contribution is -2.40. The van der Waals surface area contributed by atoms with Crippen molar-refractivity contribution < 1.29 is 24.1 Å². The van der Waals surface area contributed by atoms with Crippen molar-refractivity contribution in [3.05, 3.63) is 48.0 Å². The topological polar surface area (TPSA) is 65.0 Å². The molecule has 3 atom stereocenters. The summed E-state index contributed by atoms with van der Waals surface area (Å²) in [6.07, 6.45) is 1.77. The van der Waals surface area contributed by atoms with Gasteiger partial charge < -0.3 is 19.3 Å². The standard InChI is InChI=1S/C15H18O5/c1-18-14(17)9-5-8-13-12(16)10-19-15(20-13)11-6-3-2-4-7-11/h2-7,9,12-13,15-16H,8,10H2,1H3/b9-5+/t12-,13+,15-/m1/s1. The van der Waals surface area contributed by atoms with Crippen LogP contribution in [0.25, 0.3) is 0 Å². The highest BCUT2D eigenvalue weighted by molar-refractivity contribution is 5.81. The summed E-state index contributed by atoms with van der Waals surface area (Å²) in [4.78, 5) is 11.0. The summed E-state index contributed by atoms with van der Waals surface area (Å²) in [6.45, 7) is 0.205. The molecule has 20 heavy (non-hydrogen) atoms. The maximum atomic E-state index is 11.0. The molecule has 1 aliphatic heterocycles. The van der Waals surface area contributed by atoms with Gasteiger partial charge in [0.1, 0.15) is 6.10 Å². The van der Waals surface area contributed by atoms with E-state index in [1.165, 1.54) is 13.2 Å². The number of methoxy groups -OCH3 is 1. The fraction of sp³-hybridized carbons (Fsp3) is 0.400. The maximum absolute atomic E-state index is 11.0. The second kappa shape index (κ2) is 7.19. The molecule has 0 amide bonds. The van der Waals surface area contributed by atoms with E-state index in [0.29, 0.717) is 6.42 Å². The van der Waals surface area contributed by atoms with Crippen LogP contribution in [0.1, 0.15) is 18.3 Å². The zero-order valence-electron chi connectivity index (χ0n) is 11.3. The first-order valence-corrected chi connectivity index (χ1v) is 6.45. The van der Waals surface area contributed by atoms with Crippen LogP contribution in [-0.4, -0.2) is 37.0 Å². The molecule has 1 aromatic carbocycles. The molecule has 0 spiro atoms. The Kier molecular flexibility index (Phi) is 5.29. The second-order valence-electron chi connectivity index (χ2n) is 4.48. The minimum absolute atomic E-state index is 0.205. The molecule has 1 fully saturated rings. The van der Waals surface area contributed by atoms with Crippen LogP contribution in [0.15, 0.2) is 42.5 Å². The smallest absolute Gasteiger partial charge is 0.330 e. The first-order chi connectivity index (χ1) is 9.70. The zero-order chi connectivity index (χ0) is 14.4. The minimum Gasteiger partial charge on any atom is -0.466 e. The van der Waals surface area contributed by atoms with Crippen LogP contribution in [0.5, 0.6) is 0 Å². The van der Waals surface area contributed by atoms with Crippen molar-refractivity contribution in [3.8, 4) is 0 Å². The number of aliphatic hydroxyl groups excluding tert-OH is 1. The van der Waals surface area contributed by atoms with Gasteiger partial charge in [-0.15, -0.1) is 0 Å². The van der Waals surface area contributed by atoms with Gasteiger partial charge in [-0.05, 0) is 6.42 Å². The molecule has 5 nitrogen and oxygen atoms in total. The Morgan fingerprint density at radius 1 is 1.45 bits per heavy atom. The average Bonchev–Trinajstić information content (AvgIpc) is 2.49. The van der Waals surface area contributed by atoms with Crippen LogP contribution in [0.3, 0.4) is 0 Å². The van der Waals surface area contributed by atoms with Crippen LogP contribution in [0, 0.1) is 0 Å². The highest BCUT2D eigenvalue weighted by Gasteiger charge is 2.30. The van der Waals surface area contributed by atoms with Crippen LogP contribution < -0.4 is 0 Å². The number of aliphatic hydroxyl groups is 1. The molecule has 5 heteroatoms. The maximum Gasteiger partial charge on any atom is 0.330 e. The summed E-state index contributed by atoms with van der Waals surface area (Å²) in [5, 5.41) is 9.86. The summed E-state index contributed by atoms with van der Waals surface area (Å²) < 4.78 is 15.7. The number of carbonyl (C=O) groups excluding carboxylic acids is 1. The molecule has 1 saturated heterocycles. The molecular weight excluding hydrogens is 260 g/mol. The molecule has 0 saturated carbocycles. The molecule has 0 radical (unpaired) electrons. The second-order valence-corrected chi connectivity index (χ2v) is 4.48. The summed E-state index contributed by atoms with van der Waals surface area (Å²) in [7, 11) is 1.32. The van der Waals surface area contributed by atoms with Gasteiger partial charge in [0.15, 0.2) is 6.29 Å². The average molecular weight is 278 g/mol. The summed E-state index contributed by atoms with van der Waals surface area (Å²) in [5.41, 5.74) is 0.904. The Labute approximate surface area is 117 Å². The van der Waals surface area contributed by atoms with E-state index >= 15 is 0 Å². The summed E-state index contributed by atoms with van der Waals surface area (Å²) in [5.74, 6) is -0.425. The van der Waals surface area contributed by atoms with Gasteiger partial charge in [-0.2, -0.15) is 0 Å². The van der Waals surface area contributed by atoms with Crippen molar-refractivity contribution in [2.45, 2.75) is 24.9 Å². The van der Waals surface area contributed by atoms with Gasteiger partial charge in [-0.1, -0.05) is 36.4 Å². The molecule has 1 heterocycles. The molecule has 0 aromatic heterocycles. The number of hydrogen-bond acceptors (Lipinski definition) is 5. The number of carbonyl (C=O) groups is 1. The molecular formula is C15H18O5. The van der Waals surface area contributed by atoms with Crippen LogP contribution >= 0.6 is 0 Å². The van der Waals surface area contributed by atoms with E-state index in [2.05, 4.69) is 4.74 Å². The van der Waals surface area contributed by atoms with E-state index in [1.807, 2.05) is 30.3 Å². The van der Waals surface area contributed by atoms with Crippen molar-refractivity contribution in [3.63, 3.8) is 0 Å². The van der Waals surface area contributed by atoms with E-state index < -0.39 is 24.5 Å². The first-order valence-electron chi connectivity index (χ1n) is 6.45. The monoisotopic (exact) mass is 278 g/mol. The Morgan fingerprint density at radius 2 is 2.20 bits per heavy atom. The van der Waals surface area contributed by atoms with Crippen LogP contribution in [0.2, 0.25) is 0 Å². The van der Waals surface area contributed by atoms with Crippen LogP contribution in [0.4, 0.5) is 0 Å². The fourth-order valence-corrected chi connectivity index (χ4v) is 1.95. The molecule has 0 unspecified atom stereocenters. The van der Waals surface area contributed by atoms with E-state index in [9.17, 15) is 9.90 Å². The van der Waals surface area contributed by atoms with Gasteiger partial charge in [0, 0.05) is 11.6 Å². The molecule has 1 N–H and O–H groups in total. The predicted octanol–water partition coefficient (Wildman–Crippen LogP) is 1.58. The predicted molar refractivity (Wildman–Crippen MR) is 71.8 cm³/mol. The zero-order valence-corrected chi connectivity index (χ0v) is 11.3. The van der Waals surface area contributed by atoms with Gasteiger partial charge in [0.25, 0.3) is 0 Å². The molecule has 1 aromatic rings. The third-order valence-corrected chi connectivity index (χ3v) is 3.04. The van der Waals surface area contributed by atoms with E-state index in [1.54, 1.807) is 6.08 Å². The number of ether oxygens (including phenoxy) is 3. The van der Waals surface area contributed by atoms with E-state index in [4.69, 9.17) is 9.47 Å². The number of benzene rings is 1. The molecule has 108 valence electrons. The highest BCUT2D eigenvalue weighted by atomic mass is 16.7. The van der Waals surface area contributed by atoms with Gasteiger partial charge in [0.05, 0.1) is 19.8 Å². The van der Waals surface area contributed by atoms with Crippen molar-refractivity contribution in [1.29, 1.82) is 0 Å². The van der Waals surface area contributed by atoms with Crippen molar-refractivity contribution in [2.24, 2.45) is 0 Å². The lowest BCUT2D eigenvalue weighted by molar-refractivity contribution is -0.255. The molecule has 2 rings (SSSR count). The Bertz CT molecular complexity index is 457. The number of esters is 1. The van der Waals surface area contributed by atoms with Crippen LogP contribution in [-0.2, 0) is 19.0 Å². The van der Waals surface area contributed by atoms with Crippen molar-refractivity contribution in [1.82, 2.24) is 0 Å². The normalized spacial score (nSPS) is 26.6. The summed E-state index contributed by atoms with van der Waals surface area (Å²) in [6, 6.07) is 9.53. The number of hydrogen-bond donors (Lipinski definition) is 1. The van der Waals surface area contributed by atoms with Gasteiger partial charge in [-0.3, -0.25) is 0 Å².